The maximum atomic E-state index is 12.9. The first kappa shape index (κ1) is 19.4. The van der Waals surface area contributed by atoms with E-state index in [1.54, 1.807) is 13.1 Å². The summed E-state index contributed by atoms with van der Waals surface area (Å²) < 4.78 is 7.17. The van der Waals surface area contributed by atoms with Crippen LogP contribution in [-0.4, -0.2) is 26.7 Å². The number of oxazole rings is 1. The van der Waals surface area contributed by atoms with E-state index in [1.165, 1.54) is 16.6 Å². The van der Waals surface area contributed by atoms with E-state index < -0.39 is 11.3 Å². The van der Waals surface area contributed by atoms with E-state index in [0.717, 1.165) is 12.8 Å². The summed E-state index contributed by atoms with van der Waals surface area (Å²) in [5.74, 6) is 0.601. The predicted octanol–water partition coefficient (Wildman–Crippen LogP) is 4.27. The highest BCUT2D eigenvalue weighted by Gasteiger charge is 2.34. The Balaban J connectivity index is 1.63. The van der Waals surface area contributed by atoms with Gasteiger partial charge in [-0.15, -0.1) is 0 Å². The Bertz CT molecular complexity index is 1260. The number of para-hydroxylation sites is 2. The summed E-state index contributed by atoms with van der Waals surface area (Å²) in [6.45, 7) is 0. The quantitative estimate of drug-likeness (QED) is 0.523. The fraction of sp³-hybridized carbons (Fsp3) is 0.292. The second-order valence-electron chi connectivity index (χ2n) is 8.12. The lowest BCUT2D eigenvalue weighted by Gasteiger charge is -2.40. The molecule has 31 heavy (non-hydrogen) atoms. The van der Waals surface area contributed by atoms with Crippen molar-refractivity contribution in [1.29, 1.82) is 0 Å². The molecule has 0 spiro atoms. The molecule has 0 amide bonds. The van der Waals surface area contributed by atoms with Crippen LogP contribution in [-0.2, 0) is 7.05 Å². The molecule has 0 saturated heterocycles. The summed E-state index contributed by atoms with van der Waals surface area (Å²) in [7, 11) is 3.57. The van der Waals surface area contributed by atoms with E-state index in [9.17, 15) is 9.90 Å². The van der Waals surface area contributed by atoms with Gasteiger partial charge in [-0.3, -0.25) is 9.36 Å². The molecule has 2 heterocycles. The molecule has 0 unspecified atom stereocenters. The summed E-state index contributed by atoms with van der Waals surface area (Å²) in [5, 5.41) is 10.6. The molecule has 4 aromatic rings. The lowest BCUT2D eigenvalue weighted by atomic mass is 9.76. The van der Waals surface area contributed by atoms with E-state index in [1.807, 2.05) is 48.3 Å². The average Bonchev–Trinajstić information content (AvgIpc) is 3.19. The van der Waals surface area contributed by atoms with Crippen LogP contribution in [0.25, 0.3) is 22.7 Å². The van der Waals surface area contributed by atoms with Gasteiger partial charge in [-0.05, 0) is 36.5 Å². The van der Waals surface area contributed by atoms with Gasteiger partial charge in [0.05, 0.1) is 6.04 Å². The zero-order valence-electron chi connectivity index (χ0n) is 17.5. The van der Waals surface area contributed by atoms with Crippen molar-refractivity contribution in [3.8, 4) is 17.3 Å². The van der Waals surface area contributed by atoms with Crippen LogP contribution in [0.2, 0.25) is 0 Å². The molecule has 7 heteroatoms. The van der Waals surface area contributed by atoms with E-state index in [-0.39, 0.29) is 17.6 Å². The Hall–Kier alpha value is -3.61. The van der Waals surface area contributed by atoms with Crippen LogP contribution in [0, 0.1) is 5.92 Å². The van der Waals surface area contributed by atoms with Crippen LogP contribution in [0.15, 0.2) is 63.8 Å². The summed E-state index contributed by atoms with van der Waals surface area (Å²) in [6.07, 6.45) is 3.47. The molecule has 7 nitrogen and oxygen atoms in total. The van der Waals surface area contributed by atoms with Gasteiger partial charge in [0.2, 0.25) is 11.7 Å². The smallest absolute Gasteiger partial charge is 0.297 e. The number of fused-ring (bicyclic) bond motifs is 1. The number of nitrogens with zero attached hydrogens (tertiary/aromatic N) is 4. The maximum Gasteiger partial charge on any atom is 0.297 e. The fourth-order valence-corrected chi connectivity index (χ4v) is 4.36. The topological polar surface area (TPSA) is 84.4 Å². The Morgan fingerprint density at radius 3 is 2.48 bits per heavy atom. The Labute approximate surface area is 179 Å². The van der Waals surface area contributed by atoms with E-state index in [0.29, 0.717) is 23.0 Å². The van der Waals surface area contributed by atoms with Crippen LogP contribution in [0.5, 0.6) is 5.75 Å². The molecular weight excluding hydrogens is 392 g/mol. The van der Waals surface area contributed by atoms with E-state index in [4.69, 9.17) is 4.42 Å². The number of rotatable bonds is 5. The lowest BCUT2D eigenvalue weighted by molar-refractivity contribution is 0.256. The zero-order valence-corrected chi connectivity index (χ0v) is 17.5. The average molecular weight is 416 g/mol. The van der Waals surface area contributed by atoms with Crippen molar-refractivity contribution in [3.05, 3.63) is 70.5 Å². The summed E-state index contributed by atoms with van der Waals surface area (Å²) >= 11 is 0. The number of aromatic hydroxyl groups is 1. The largest absolute Gasteiger partial charge is 0.501 e. The molecule has 1 aliphatic carbocycles. The Kier molecular flexibility index (Phi) is 4.73. The minimum atomic E-state index is -0.533. The molecular formula is C24H24N4O3. The second kappa shape index (κ2) is 7.58. The molecule has 158 valence electrons. The van der Waals surface area contributed by atoms with Gasteiger partial charge in [0, 0.05) is 14.1 Å². The summed E-state index contributed by atoms with van der Waals surface area (Å²) in [4.78, 5) is 24.0. The van der Waals surface area contributed by atoms with Gasteiger partial charge in [-0.2, -0.15) is 0 Å². The highest BCUT2D eigenvalue weighted by Crippen LogP contribution is 2.42. The molecule has 1 saturated carbocycles. The van der Waals surface area contributed by atoms with Crippen LogP contribution in [0.4, 0.5) is 5.95 Å². The minimum absolute atomic E-state index is 0.0570. The molecule has 2 aromatic carbocycles. The van der Waals surface area contributed by atoms with Crippen LogP contribution in [0.1, 0.15) is 30.9 Å². The van der Waals surface area contributed by atoms with Gasteiger partial charge in [0.25, 0.3) is 11.4 Å². The fourth-order valence-electron chi connectivity index (χ4n) is 4.36. The molecule has 0 aliphatic heterocycles. The van der Waals surface area contributed by atoms with Gasteiger partial charge >= 0.3 is 0 Å². The number of hydrogen-bond donors (Lipinski definition) is 1. The monoisotopic (exact) mass is 416 g/mol. The number of hydrogen-bond acceptors (Lipinski definition) is 6. The first-order valence-electron chi connectivity index (χ1n) is 10.5. The lowest BCUT2D eigenvalue weighted by Crippen LogP contribution is -2.37. The van der Waals surface area contributed by atoms with Crippen molar-refractivity contribution in [1.82, 2.24) is 14.5 Å². The third kappa shape index (κ3) is 3.26. The molecule has 1 atom stereocenters. The first-order chi connectivity index (χ1) is 15.0. The van der Waals surface area contributed by atoms with Gasteiger partial charge < -0.3 is 14.4 Å². The summed E-state index contributed by atoms with van der Waals surface area (Å²) in [6, 6.07) is 17.7. The van der Waals surface area contributed by atoms with Gasteiger partial charge in [0.1, 0.15) is 5.52 Å². The van der Waals surface area contributed by atoms with E-state index in [2.05, 4.69) is 22.1 Å². The highest BCUT2D eigenvalue weighted by molar-refractivity contribution is 5.76. The zero-order chi connectivity index (χ0) is 21.5. The number of anilines is 1. The maximum absolute atomic E-state index is 12.9. The number of aromatic nitrogens is 3. The highest BCUT2D eigenvalue weighted by atomic mass is 16.4. The van der Waals surface area contributed by atoms with Gasteiger partial charge in [0.15, 0.2) is 11.3 Å². The van der Waals surface area contributed by atoms with E-state index >= 15 is 0 Å². The minimum Gasteiger partial charge on any atom is -0.501 e. The van der Waals surface area contributed by atoms with Crippen molar-refractivity contribution in [3.63, 3.8) is 0 Å². The van der Waals surface area contributed by atoms with Crippen LogP contribution in [0.3, 0.4) is 0 Å². The van der Waals surface area contributed by atoms with Crippen molar-refractivity contribution in [2.75, 3.05) is 11.9 Å². The predicted molar refractivity (Wildman–Crippen MR) is 119 cm³/mol. The first-order valence-corrected chi connectivity index (χ1v) is 10.5. The molecule has 2 aromatic heterocycles. The van der Waals surface area contributed by atoms with Gasteiger partial charge in [-0.1, -0.05) is 48.9 Å². The van der Waals surface area contributed by atoms with Crippen molar-refractivity contribution < 1.29 is 9.52 Å². The molecule has 1 fully saturated rings. The van der Waals surface area contributed by atoms with Crippen LogP contribution < -0.4 is 10.5 Å². The van der Waals surface area contributed by atoms with Gasteiger partial charge in [-0.25, -0.2) is 9.97 Å². The second-order valence-corrected chi connectivity index (χ2v) is 8.12. The normalized spacial score (nSPS) is 15.0. The molecule has 1 aliphatic rings. The Morgan fingerprint density at radius 2 is 1.81 bits per heavy atom. The standard InChI is InChI=1S/C24H24N4O3/c1-27(20(16-11-8-12-16)15-9-4-3-5-10-15)24-26-19(21(29)23(30)28(24)2)22-25-17-13-6-7-14-18(17)31-22/h3-7,9-10,13-14,16,20,29H,8,11-12H2,1-2H3/t20-/m0/s1. The SMILES string of the molecule is CN(c1nc(-c2nc3ccccc3o2)c(O)c(=O)n1C)[C@@H](c1ccccc1)C1CCC1. The van der Waals surface area contributed by atoms with Crippen molar-refractivity contribution in [2.24, 2.45) is 13.0 Å². The summed E-state index contributed by atoms with van der Waals surface area (Å²) in [5.41, 5.74) is 1.92. The molecule has 0 bridgehead atoms. The third-order valence-electron chi connectivity index (χ3n) is 6.21. The van der Waals surface area contributed by atoms with Crippen molar-refractivity contribution in [2.45, 2.75) is 25.3 Å². The third-order valence-corrected chi connectivity index (χ3v) is 6.21. The van der Waals surface area contributed by atoms with Crippen molar-refractivity contribution >= 4 is 17.0 Å². The number of benzene rings is 2. The van der Waals surface area contributed by atoms with Crippen LogP contribution >= 0.6 is 0 Å². The molecule has 5 rings (SSSR count). The Morgan fingerprint density at radius 1 is 1.10 bits per heavy atom. The molecule has 0 radical (unpaired) electrons. The molecule has 1 N–H and O–H groups in total.